The summed E-state index contributed by atoms with van der Waals surface area (Å²) in [5.74, 6) is 0. The number of nitro benzene ring substituents is 1. The minimum Gasteiger partial charge on any atom is -0.303 e. The molecule has 9 heteroatoms. The standard InChI is InChI=1S/C12H16ClN3O4S/c1-9-8-14(2)5-6-15(9)21(19,20)12-7-10(16(17)18)3-4-11(12)13/h3-4,7,9H,5-6,8H2,1-2H3. The highest BCUT2D eigenvalue weighted by Gasteiger charge is 2.34. The van der Waals surface area contributed by atoms with E-state index in [-0.39, 0.29) is 21.6 Å². The molecule has 2 rings (SSSR count). The molecule has 0 aromatic heterocycles. The summed E-state index contributed by atoms with van der Waals surface area (Å²) in [6, 6.07) is 3.23. The monoisotopic (exact) mass is 333 g/mol. The zero-order valence-corrected chi connectivity index (χ0v) is 13.3. The van der Waals surface area contributed by atoms with Gasteiger partial charge in [0.15, 0.2) is 0 Å². The number of hydrogen-bond donors (Lipinski definition) is 0. The van der Waals surface area contributed by atoms with E-state index in [0.717, 1.165) is 6.07 Å². The molecule has 1 aromatic rings. The number of non-ortho nitro benzene ring substituents is 1. The molecule has 0 amide bonds. The summed E-state index contributed by atoms with van der Waals surface area (Å²) in [6.45, 7) is 3.35. The van der Waals surface area contributed by atoms with E-state index < -0.39 is 14.9 Å². The summed E-state index contributed by atoms with van der Waals surface area (Å²) < 4.78 is 26.7. The third-order valence-corrected chi connectivity index (χ3v) is 5.98. The molecule has 116 valence electrons. The number of nitrogens with zero attached hydrogens (tertiary/aromatic N) is 3. The Labute approximate surface area is 128 Å². The number of likely N-dealkylation sites (N-methyl/N-ethyl adjacent to an activating group) is 1. The summed E-state index contributed by atoms with van der Waals surface area (Å²) in [7, 11) is -1.93. The summed E-state index contributed by atoms with van der Waals surface area (Å²) in [5, 5.41) is 10.8. The first-order valence-corrected chi connectivity index (χ1v) is 8.19. The molecule has 0 aliphatic carbocycles. The van der Waals surface area contributed by atoms with Crippen LogP contribution in [0.25, 0.3) is 0 Å². The molecule has 1 unspecified atom stereocenters. The van der Waals surface area contributed by atoms with Gasteiger partial charge in [-0.25, -0.2) is 8.42 Å². The summed E-state index contributed by atoms with van der Waals surface area (Å²) in [4.78, 5) is 12.0. The van der Waals surface area contributed by atoms with Gasteiger partial charge >= 0.3 is 0 Å². The first-order chi connectivity index (χ1) is 9.73. The van der Waals surface area contributed by atoms with E-state index in [1.165, 1.54) is 16.4 Å². The Morgan fingerprint density at radius 3 is 2.62 bits per heavy atom. The van der Waals surface area contributed by atoms with Gasteiger partial charge in [-0.3, -0.25) is 10.1 Å². The van der Waals surface area contributed by atoms with Crippen molar-refractivity contribution < 1.29 is 13.3 Å². The Morgan fingerprint density at radius 2 is 2.05 bits per heavy atom. The first-order valence-electron chi connectivity index (χ1n) is 6.38. The Bertz CT molecular complexity index is 664. The number of sulfonamides is 1. The first kappa shape index (κ1) is 16.2. The number of piperazine rings is 1. The topological polar surface area (TPSA) is 83.8 Å². The maximum absolute atomic E-state index is 12.7. The fourth-order valence-corrected chi connectivity index (χ4v) is 4.52. The maximum atomic E-state index is 12.7. The van der Waals surface area contributed by atoms with Crippen molar-refractivity contribution >= 4 is 27.3 Å². The van der Waals surface area contributed by atoms with Crippen molar-refractivity contribution in [2.75, 3.05) is 26.7 Å². The van der Waals surface area contributed by atoms with Gasteiger partial charge in [0.1, 0.15) is 4.90 Å². The van der Waals surface area contributed by atoms with Crippen LogP contribution in [-0.4, -0.2) is 55.3 Å². The van der Waals surface area contributed by atoms with Gasteiger partial charge in [0.2, 0.25) is 10.0 Å². The predicted octanol–water partition coefficient (Wildman–Crippen LogP) is 1.57. The Balaban J connectivity index is 2.44. The molecular formula is C12H16ClN3O4S. The van der Waals surface area contributed by atoms with E-state index in [2.05, 4.69) is 0 Å². The highest BCUT2D eigenvalue weighted by molar-refractivity contribution is 7.89. The van der Waals surface area contributed by atoms with Crippen LogP contribution in [0.5, 0.6) is 0 Å². The molecule has 1 aliphatic rings. The highest BCUT2D eigenvalue weighted by Crippen LogP contribution is 2.30. The van der Waals surface area contributed by atoms with Gasteiger partial charge in [-0.15, -0.1) is 0 Å². The van der Waals surface area contributed by atoms with Crippen molar-refractivity contribution in [3.63, 3.8) is 0 Å². The fourth-order valence-electron chi connectivity index (χ4n) is 2.41. The van der Waals surface area contributed by atoms with Gasteiger partial charge in [-0.1, -0.05) is 11.6 Å². The van der Waals surface area contributed by atoms with Gasteiger partial charge in [0.05, 0.1) is 9.95 Å². The van der Waals surface area contributed by atoms with E-state index in [0.29, 0.717) is 19.6 Å². The van der Waals surface area contributed by atoms with Crippen LogP contribution >= 0.6 is 11.6 Å². The molecule has 7 nitrogen and oxygen atoms in total. The van der Waals surface area contributed by atoms with Crippen LogP contribution in [0.4, 0.5) is 5.69 Å². The number of rotatable bonds is 3. The Hall–Kier alpha value is -1.22. The average molecular weight is 334 g/mol. The van der Waals surface area contributed by atoms with Crippen molar-refractivity contribution in [1.82, 2.24) is 9.21 Å². The second-order valence-corrected chi connectivity index (χ2v) is 7.37. The van der Waals surface area contributed by atoms with Crippen molar-refractivity contribution in [3.8, 4) is 0 Å². The van der Waals surface area contributed by atoms with Crippen LogP contribution in [0, 0.1) is 10.1 Å². The minimum atomic E-state index is -3.85. The zero-order chi connectivity index (χ0) is 15.8. The van der Waals surface area contributed by atoms with E-state index in [1.54, 1.807) is 6.92 Å². The highest BCUT2D eigenvalue weighted by atomic mass is 35.5. The summed E-state index contributed by atoms with van der Waals surface area (Å²) in [6.07, 6.45) is 0. The number of hydrogen-bond acceptors (Lipinski definition) is 5. The molecule has 0 N–H and O–H groups in total. The minimum absolute atomic E-state index is 0.00766. The van der Waals surface area contributed by atoms with E-state index >= 15 is 0 Å². The Morgan fingerprint density at radius 1 is 1.38 bits per heavy atom. The maximum Gasteiger partial charge on any atom is 0.270 e. The molecule has 0 radical (unpaired) electrons. The normalized spacial score (nSPS) is 21.4. The van der Waals surface area contributed by atoms with E-state index in [1.807, 2.05) is 11.9 Å². The molecule has 1 heterocycles. The van der Waals surface area contributed by atoms with E-state index in [4.69, 9.17) is 11.6 Å². The second kappa shape index (κ2) is 5.88. The smallest absolute Gasteiger partial charge is 0.270 e. The van der Waals surface area contributed by atoms with Gasteiger partial charge in [-0.05, 0) is 20.0 Å². The fraction of sp³-hybridized carbons (Fsp3) is 0.500. The SMILES string of the molecule is CC1CN(C)CCN1S(=O)(=O)c1cc([N+](=O)[O-])ccc1Cl. The predicted molar refractivity (Wildman–Crippen MR) is 79.0 cm³/mol. The van der Waals surface area contributed by atoms with Crippen LogP contribution < -0.4 is 0 Å². The number of nitro groups is 1. The van der Waals surface area contributed by atoms with Crippen LogP contribution in [-0.2, 0) is 10.0 Å². The molecule has 1 saturated heterocycles. The molecule has 0 spiro atoms. The lowest BCUT2D eigenvalue weighted by Crippen LogP contribution is -2.52. The van der Waals surface area contributed by atoms with Crippen LogP contribution in [0.1, 0.15) is 6.92 Å². The summed E-state index contributed by atoms with van der Waals surface area (Å²) >= 11 is 5.94. The van der Waals surface area contributed by atoms with Gasteiger partial charge in [0, 0.05) is 37.8 Å². The van der Waals surface area contributed by atoms with Crippen LogP contribution in [0.15, 0.2) is 23.1 Å². The van der Waals surface area contributed by atoms with Gasteiger partial charge in [-0.2, -0.15) is 4.31 Å². The van der Waals surface area contributed by atoms with Crippen molar-refractivity contribution in [3.05, 3.63) is 33.3 Å². The second-order valence-electron chi connectivity index (χ2n) is 5.10. The molecule has 1 atom stereocenters. The third kappa shape index (κ3) is 3.18. The average Bonchev–Trinajstić information content (AvgIpc) is 2.38. The molecule has 0 bridgehead atoms. The Kier molecular flexibility index (Phi) is 4.52. The van der Waals surface area contributed by atoms with Gasteiger partial charge in [0.25, 0.3) is 5.69 Å². The van der Waals surface area contributed by atoms with Gasteiger partial charge < -0.3 is 4.90 Å². The third-order valence-electron chi connectivity index (χ3n) is 3.48. The quantitative estimate of drug-likeness (QED) is 0.619. The molecule has 1 aliphatic heterocycles. The lowest BCUT2D eigenvalue weighted by Gasteiger charge is -2.37. The summed E-state index contributed by atoms with van der Waals surface area (Å²) in [5.41, 5.74) is -0.292. The van der Waals surface area contributed by atoms with Crippen molar-refractivity contribution in [1.29, 1.82) is 0 Å². The molecule has 1 aromatic carbocycles. The number of halogens is 1. The van der Waals surface area contributed by atoms with Crippen LogP contribution in [0.2, 0.25) is 5.02 Å². The van der Waals surface area contributed by atoms with Crippen molar-refractivity contribution in [2.45, 2.75) is 17.9 Å². The lowest BCUT2D eigenvalue weighted by molar-refractivity contribution is -0.385. The van der Waals surface area contributed by atoms with Crippen LogP contribution in [0.3, 0.4) is 0 Å². The lowest BCUT2D eigenvalue weighted by atomic mass is 10.2. The van der Waals surface area contributed by atoms with Crippen molar-refractivity contribution in [2.24, 2.45) is 0 Å². The molecule has 21 heavy (non-hydrogen) atoms. The molecule has 1 fully saturated rings. The van der Waals surface area contributed by atoms with E-state index in [9.17, 15) is 18.5 Å². The largest absolute Gasteiger partial charge is 0.303 e. The zero-order valence-electron chi connectivity index (χ0n) is 11.7. The molecular weight excluding hydrogens is 318 g/mol. The molecule has 0 saturated carbocycles. The number of benzene rings is 1.